The predicted molar refractivity (Wildman–Crippen MR) is 124 cm³/mol. The van der Waals surface area contributed by atoms with Crippen LogP contribution in [0.1, 0.15) is 10.4 Å². The number of thioether (sulfide) groups is 1. The molecule has 0 spiro atoms. The molecular weight excluding hydrogens is 532 g/mol. The highest BCUT2D eigenvalue weighted by Gasteiger charge is 2.30. The fourth-order valence-corrected chi connectivity index (χ4v) is 5.55. The SMILES string of the molecule is CS(=O)(=O)c1ccc(N2CCN(C(=O)c3cc(S(C)(=O)=O)ccc3SCC(F)(F)F)CC2)c(F)c1. The van der Waals surface area contributed by atoms with Gasteiger partial charge in [0, 0.05) is 43.6 Å². The molecule has 0 unspecified atom stereocenters. The molecule has 1 heterocycles. The summed E-state index contributed by atoms with van der Waals surface area (Å²) in [4.78, 5) is 15.8. The second kappa shape index (κ2) is 9.97. The molecule has 14 heteroatoms. The lowest BCUT2D eigenvalue weighted by Gasteiger charge is -2.36. The van der Waals surface area contributed by atoms with Crippen molar-refractivity contribution in [2.24, 2.45) is 0 Å². The molecule has 0 N–H and O–H groups in total. The molecule has 192 valence electrons. The quantitative estimate of drug-likeness (QED) is 0.400. The Morgan fingerprint density at radius 2 is 1.46 bits per heavy atom. The van der Waals surface area contributed by atoms with Crippen LogP contribution in [0.15, 0.2) is 51.1 Å². The number of rotatable bonds is 6. The van der Waals surface area contributed by atoms with Crippen LogP contribution >= 0.6 is 11.8 Å². The molecule has 3 rings (SSSR count). The molecule has 1 aliphatic heterocycles. The first-order valence-electron chi connectivity index (χ1n) is 10.1. The third kappa shape index (κ3) is 6.88. The Kier molecular flexibility index (Phi) is 7.77. The van der Waals surface area contributed by atoms with Gasteiger partial charge in [0.05, 0.1) is 26.8 Å². The minimum atomic E-state index is -4.48. The number of anilines is 1. The molecule has 1 amide bonds. The van der Waals surface area contributed by atoms with Gasteiger partial charge in [-0.05, 0) is 36.4 Å². The molecule has 0 atom stereocenters. The standard InChI is InChI=1S/C21H22F4N2O5S3/c1-34(29,30)14-4-6-19(33-13-21(23,24)25)16(11-14)20(28)27-9-7-26(8-10-27)18-5-3-15(12-17(18)22)35(2,31)32/h3-6,11-12H,7-10,13H2,1-2H3. The molecule has 0 aliphatic carbocycles. The Bertz CT molecular complexity index is 1340. The number of hydrogen-bond acceptors (Lipinski definition) is 7. The van der Waals surface area contributed by atoms with Gasteiger partial charge in [-0.1, -0.05) is 0 Å². The molecule has 1 fully saturated rings. The van der Waals surface area contributed by atoms with Gasteiger partial charge in [0.25, 0.3) is 5.91 Å². The van der Waals surface area contributed by atoms with Gasteiger partial charge < -0.3 is 9.80 Å². The highest BCUT2D eigenvalue weighted by atomic mass is 32.2. The van der Waals surface area contributed by atoms with Crippen LogP contribution < -0.4 is 4.90 Å². The fraction of sp³-hybridized carbons (Fsp3) is 0.381. The summed E-state index contributed by atoms with van der Waals surface area (Å²) < 4.78 is 99.9. The van der Waals surface area contributed by atoms with Gasteiger partial charge in [-0.3, -0.25) is 4.79 Å². The van der Waals surface area contributed by atoms with Gasteiger partial charge in [0.2, 0.25) is 0 Å². The first-order chi connectivity index (χ1) is 16.1. The average molecular weight is 555 g/mol. The second-order valence-corrected chi connectivity index (χ2v) is 13.0. The van der Waals surface area contributed by atoms with E-state index in [0.717, 1.165) is 30.7 Å². The van der Waals surface area contributed by atoms with Crippen molar-refractivity contribution >= 4 is 43.0 Å². The number of alkyl halides is 3. The van der Waals surface area contributed by atoms with Crippen molar-refractivity contribution in [2.75, 3.05) is 49.3 Å². The first kappa shape index (κ1) is 27.3. The van der Waals surface area contributed by atoms with Crippen LogP contribution in [0, 0.1) is 5.82 Å². The van der Waals surface area contributed by atoms with Gasteiger partial charge >= 0.3 is 6.18 Å². The monoisotopic (exact) mass is 554 g/mol. The van der Waals surface area contributed by atoms with Crippen LogP contribution in [0.4, 0.5) is 23.2 Å². The fourth-order valence-electron chi connectivity index (χ4n) is 3.49. The lowest BCUT2D eigenvalue weighted by Crippen LogP contribution is -2.49. The lowest BCUT2D eigenvalue weighted by atomic mass is 10.1. The van der Waals surface area contributed by atoms with E-state index in [-0.39, 0.29) is 52.1 Å². The predicted octanol–water partition coefficient (Wildman–Crippen LogP) is 3.25. The highest BCUT2D eigenvalue weighted by Crippen LogP contribution is 2.32. The third-order valence-corrected chi connectivity index (χ3v) is 8.61. The van der Waals surface area contributed by atoms with E-state index in [1.165, 1.54) is 23.1 Å². The van der Waals surface area contributed by atoms with E-state index in [0.29, 0.717) is 11.8 Å². The summed E-state index contributed by atoms with van der Waals surface area (Å²) in [5.41, 5.74) is 0.00399. The van der Waals surface area contributed by atoms with E-state index < -0.39 is 43.3 Å². The van der Waals surface area contributed by atoms with Crippen molar-refractivity contribution < 1.29 is 39.2 Å². The molecule has 2 aromatic carbocycles. The van der Waals surface area contributed by atoms with E-state index in [9.17, 15) is 39.2 Å². The number of benzene rings is 2. The number of amides is 1. The van der Waals surface area contributed by atoms with E-state index in [1.54, 1.807) is 4.90 Å². The van der Waals surface area contributed by atoms with Crippen LogP contribution in [-0.4, -0.2) is 78.3 Å². The van der Waals surface area contributed by atoms with E-state index in [1.807, 2.05) is 0 Å². The van der Waals surface area contributed by atoms with E-state index >= 15 is 0 Å². The van der Waals surface area contributed by atoms with Crippen molar-refractivity contribution in [1.82, 2.24) is 4.90 Å². The van der Waals surface area contributed by atoms with Gasteiger partial charge in [-0.25, -0.2) is 21.2 Å². The minimum Gasteiger partial charge on any atom is -0.366 e. The summed E-state index contributed by atoms with van der Waals surface area (Å²) in [5, 5.41) is 0. The third-order valence-electron chi connectivity index (χ3n) is 5.26. The zero-order valence-corrected chi connectivity index (χ0v) is 21.1. The highest BCUT2D eigenvalue weighted by molar-refractivity contribution is 7.99. The van der Waals surface area contributed by atoms with Crippen molar-refractivity contribution in [1.29, 1.82) is 0 Å². The maximum atomic E-state index is 14.5. The lowest BCUT2D eigenvalue weighted by molar-refractivity contribution is -0.105. The second-order valence-electron chi connectivity index (χ2n) is 8.00. The molecule has 0 saturated carbocycles. The van der Waals surface area contributed by atoms with Gasteiger partial charge in [0.15, 0.2) is 19.7 Å². The number of sulfone groups is 2. The van der Waals surface area contributed by atoms with E-state index in [4.69, 9.17) is 0 Å². The van der Waals surface area contributed by atoms with E-state index in [2.05, 4.69) is 0 Å². The Hall–Kier alpha value is -2.32. The topological polar surface area (TPSA) is 91.8 Å². The molecule has 35 heavy (non-hydrogen) atoms. The molecule has 1 saturated heterocycles. The molecular formula is C21H22F4N2O5S3. The number of hydrogen-bond donors (Lipinski definition) is 0. The smallest absolute Gasteiger partial charge is 0.366 e. The number of carbonyl (C=O) groups is 1. The van der Waals surface area contributed by atoms with Gasteiger partial charge in [0.1, 0.15) is 5.82 Å². The Morgan fingerprint density at radius 3 is 1.97 bits per heavy atom. The average Bonchev–Trinajstić information content (AvgIpc) is 2.75. The Morgan fingerprint density at radius 1 is 0.914 bits per heavy atom. The first-order valence-corrected chi connectivity index (χ1v) is 14.9. The zero-order chi connectivity index (χ0) is 26.2. The van der Waals surface area contributed by atoms with Gasteiger partial charge in [-0.2, -0.15) is 13.2 Å². The van der Waals surface area contributed by atoms with Crippen molar-refractivity contribution in [3.8, 4) is 0 Å². The van der Waals surface area contributed by atoms with Crippen LogP contribution in [0.3, 0.4) is 0 Å². The van der Waals surface area contributed by atoms with Crippen LogP contribution in [-0.2, 0) is 19.7 Å². The van der Waals surface area contributed by atoms with Crippen molar-refractivity contribution in [3.63, 3.8) is 0 Å². The van der Waals surface area contributed by atoms with Crippen molar-refractivity contribution in [3.05, 3.63) is 47.8 Å². The Balaban J connectivity index is 1.81. The minimum absolute atomic E-state index is 0.00422. The number of nitrogens with zero attached hydrogens (tertiary/aromatic N) is 2. The summed E-state index contributed by atoms with van der Waals surface area (Å²) in [6.45, 7) is 0.548. The molecule has 0 bridgehead atoms. The van der Waals surface area contributed by atoms with Crippen LogP contribution in [0.5, 0.6) is 0 Å². The summed E-state index contributed by atoms with van der Waals surface area (Å²) in [6, 6.07) is 6.97. The summed E-state index contributed by atoms with van der Waals surface area (Å²) in [7, 11) is -7.29. The maximum absolute atomic E-state index is 14.5. The normalized spacial score (nSPS) is 15.4. The van der Waals surface area contributed by atoms with Crippen LogP contribution in [0.25, 0.3) is 0 Å². The molecule has 1 aliphatic rings. The van der Waals surface area contributed by atoms with Crippen molar-refractivity contribution in [2.45, 2.75) is 20.9 Å². The molecule has 0 radical (unpaired) electrons. The largest absolute Gasteiger partial charge is 0.398 e. The summed E-state index contributed by atoms with van der Waals surface area (Å²) in [6.07, 6.45) is -2.59. The maximum Gasteiger partial charge on any atom is 0.398 e. The Labute approximate surface area is 204 Å². The summed E-state index contributed by atoms with van der Waals surface area (Å²) in [5.74, 6) is -2.62. The van der Waals surface area contributed by atoms with Gasteiger partial charge in [-0.15, -0.1) is 11.8 Å². The molecule has 2 aromatic rings. The molecule has 0 aromatic heterocycles. The van der Waals surface area contributed by atoms with Crippen LogP contribution in [0.2, 0.25) is 0 Å². The summed E-state index contributed by atoms with van der Waals surface area (Å²) >= 11 is 0.392. The number of halogens is 4. The molecule has 7 nitrogen and oxygen atoms in total. The zero-order valence-electron chi connectivity index (χ0n) is 18.7. The number of piperazine rings is 1. The number of carbonyl (C=O) groups excluding carboxylic acids is 1.